The predicted octanol–water partition coefficient (Wildman–Crippen LogP) is 2.73. The van der Waals surface area contributed by atoms with E-state index >= 15 is 0 Å². The molecule has 1 unspecified atom stereocenters. The first-order chi connectivity index (χ1) is 13.4. The van der Waals surface area contributed by atoms with Crippen LogP contribution in [0.1, 0.15) is 39.2 Å². The number of ether oxygens (including phenoxy) is 1. The van der Waals surface area contributed by atoms with Crippen molar-refractivity contribution in [2.24, 2.45) is 16.8 Å². The van der Waals surface area contributed by atoms with Gasteiger partial charge in [0.05, 0.1) is 6.54 Å². The first-order valence-electron chi connectivity index (χ1n) is 10.4. The molecule has 0 aromatic heterocycles. The van der Waals surface area contributed by atoms with Gasteiger partial charge in [-0.25, -0.2) is 4.99 Å². The minimum absolute atomic E-state index is 0.230. The molecule has 3 N–H and O–H groups in total. The Morgan fingerprint density at radius 3 is 2.68 bits per heavy atom. The minimum Gasteiger partial charge on any atom is -0.492 e. The number of likely N-dealkylation sites (N-methyl/N-ethyl adjacent to an activating group) is 1. The van der Waals surface area contributed by atoms with E-state index in [2.05, 4.69) is 48.4 Å². The quantitative estimate of drug-likeness (QED) is 0.356. The Morgan fingerprint density at radius 1 is 1.25 bits per heavy atom. The van der Waals surface area contributed by atoms with Crippen LogP contribution in [0, 0.1) is 11.8 Å². The Labute approximate surface area is 171 Å². The standard InChI is InChI=1S/C22H40N4O2/c1-6-23-22(25-17-20(10-12-27)14-18(2)3)24-16-19-8-7-9-21(15-19)28-13-11-26(4)5/h7-9,15,18,20,27H,6,10-14,16-17H2,1-5H3,(H2,23,24,25). The normalized spacial score (nSPS) is 13.1. The van der Waals surface area contributed by atoms with Crippen molar-refractivity contribution in [1.29, 1.82) is 0 Å². The molecule has 0 saturated carbocycles. The Kier molecular flexibility index (Phi) is 12.3. The van der Waals surface area contributed by atoms with E-state index in [0.29, 0.717) is 25.0 Å². The van der Waals surface area contributed by atoms with Crippen LogP contribution >= 0.6 is 0 Å². The number of aliphatic hydroxyl groups is 1. The van der Waals surface area contributed by atoms with Crippen molar-refractivity contribution in [3.63, 3.8) is 0 Å². The van der Waals surface area contributed by atoms with E-state index in [1.54, 1.807) is 0 Å². The zero-order valence-electron chi connectivity index (χ0n) is 18.4. The molecule has 28 heavy (non-hydrogen) atoms. The summed E-state index contributed by atoms with van der Waals surface area (Å²) in [5.74, 6) is 2.76. The highest BCUT2D eigenvalue weighted by Crippen LogP contribution is 2.15. The summed E-state index contributed by atoms with van der Waals surface area (Å²) in [5, 5.41) is 16.0. The number of nitrogens with one attached hydrogen (secondary N) is 2. The molecule has 0 amide bonds. The first-order valence-corrected chi connectivity index (χ1v) is 10.4. The van der Waals surface area contributed by atoms with Gasteiger partial charge in [0.1, 0.15) is 12.4 Å². The van der Waals surface area contributed by atoms with Crippen LogP contribution in [0.3, 0.4) is 0 Å². The van der Waals surface area contributed by atoms with Crippen LogP contribution in [0.4, 0.5) is 0 Å². The smallest absolute Gasteiger partial charge is 0.191 e. The lowest BCUT2D eigenvalue weighted by Crippen LogP contribution is -2.40. The second-order valence-electron chi connectivity index (χ2n) is 7.88. The minimum atomic E-state index is 0.230. The highest BCUT2D eigenvalue weighted by atomic mass is 16.5. The molecule has 0 radical (unpaired) electrons. The molecule has 160 valence electrons. The monoisotopic (exact) mass is 392 g/mol. The van der Waals surface area contributed by atoms with Crippen LogP contribution in [-0.4, -0.2) is 62.9 Å². The second kappa shape index (κ2) is 14.2. The van der Waals surface area contributed by atoms with Gasteiger partial charge in [0, 0.05) is 26.2 Å². The Hall–Kier alpha value is -1.79. The fourth-order valence-electron chi connectivity index (χ4n) is 2.99. The van der Waals surface area contributed by atoms with E-state index in [-0.39, 0.29) is 6.61 Å². The highest BCUT2D eigenvalue weighted by Gasteiger charge is 2.11. The van der Waals surface area contributed by atoms with E-state index in [1.807, 2.05) is 26.2 Å². The van der Waals surface area contributed by atoms with Gasteiger partial charge in [-0.05, 0) is 63.4 Å². The molecule has 0 bridgehead atoms. The summed E-state index contributed by atoms with van der Waals surface area (Å²) < 4.78 is 5.81. The lowest BCUT2D eigenvalue weighted by molar-refractivity contribution is 0.243. The predicted molar refractivity (Wildman–Crippen MR) is 118 cm³/mol. The average molecular weight is 393 g/mol. The maximum Gasteiger partial charge on any atom is 0.191 e. The molecule has 1 aromatic carbocycles. The molecule has 0 fully saturated rings. The highest BCUT2D eigenvalue weighted by molar-refractivity contribution is 5.79. The maximum atomic E-state index is 9.30. The maximum absolute atomic E-state index is 9.30. The Morgan fingerprint density at radius 2 is 2.04 bits per heavy atom. The van der Waals surface area contributed by atoms with Crippen molar-refractivity contribution in [3.05, 3.63) is 29.8 Å². The van der Waals surface area contributed by atoms with Crippen LogP contribution in [0.5, 0.6) is 5.75 Å². The molecule has 1 rings (SSSR count). The lowest BCUT2D eigenvalue weighted by atomic mass is 9.94. The van der Waals surface area contributed by atoms with Crippen LogP contribution in [0.15, 0.2) is 29.3 Å². The largest absolute Gasteiger partial charge is 0.492 e. The topological polar surface area (TPSA) is 69.1 Å². The molecule has 0 saturated heterocycles. The number of hydrogen-bond donors (Lipinski definition) is 3. The van der Waals surface area contributed by atoms with Crippen LogP contribution in [0.2, 0.25) is 0 Å². The summed E-state index contributed by atoms with van der Waals surface area (Å²) in [6.45, 7) is 10.5. The van der Waals surface area contributed by atoms with E-state index < -0.39 is 0 Å². The van der Waals surface area contributed by atoms with Crippen molar-refractivity contribution in [1.82, 2.24) is 15.5 Å². The number of aliphatic imine (C=N–C) groups is 1. The van der Waals surface area contributed by atoms with Gasteiger partial charge in [-0.15, -0.1) is 0 Å². The third-order valence-corrected chi connectivity index (χ3v) is 4.37. The number of rotatable bonds is 13. The molecule has 0 aliphatic rings. The number of benzene rings is 1. The second-order valence-corrected chi connectivity index (χ2v) is 7.88. The van der Waals surface area contributed by atoms with E-state index in [4.69, 9.17) is 9.73 Å². The summed E-state index contributed by atoms with van der Waals surface area (Å²) >= 11 is 0. The third-order valence-electron chi connectivity index (χ3n) is 4.37. The SMILES string of the molecule is CCNC(=NCc1cccc(OCCN(C)C)c1)NCC(CCO)CC(C)C. The van der Waals surface area contributed by atoms with Gasteiger partial charge in [-0.3, -0.25) is 0 Å². The van der Waals surface area contributed by atoms with Crippen molar-refractivity contribution in [2.75, 3.05) is 46.9 Å². The summed E-state index contributed by atoms with van der Waals surface area (Å²) in [6.07, 6.45) is 1.91. The van der Waals surface area contributed by atoms with E-state index in [0.717, 1.165) is 49.7 Å². The van der Waals surface area contributed by atoms with E-state index in [9.17, 15) is 5.11 Å². The van der Waals surface area contributed by atoms with Crippen molar-refractivity contribution in [2.45, 2.75) is 40.2 Å². The molecule has 6 heteroatoms. The summed E-state index contributed by atoms with van der Waals surface area (Å²) in [7, 11) is 4.08. The number of guanidine groups is 1. The van der Waals surface area contributed by atoms with Gasteiger partial charge >= 0.3 is 0 Å². The molecule has 6 nitrogen and oxygen atoms in total. The molecule has 1 aromatic rings. The fraction of sp³-hybridized carbons (Fsp3) is 0.682. The molecular formula is C22H40N4O2. The zero-order chi connectivity index (χ0) is 20.8. The summed E-state index contributed by atoms with van der Waals surface area (Å²) in [6, 6.07) is 8.11. The van der Waals surface area contributed by atoms with Crippen LogP contribution in [0.25, 0.3) is 0 Å². The average Bonchev–Trinajstić information content (AvgIpc) is 2.63. The Bertz CT molecular complexity index is 561. The van der Waals surface area contributed by atoms with Crippen LogP contribution in [-0.2, 0) is 6.54 Å². The zero-order valence-corrected chi connectivity index (χ0v) is 18.4. The van der Waals surface area contributed by atoms with Gasteiger partial charge in [-0.1, -0.05) is 26.0 Å². The summed E-state index contributed by atoms with van der Waals surface area (Å²) in [5.41, 5.74) is 1.12. The molecule has 0 aliphatic heterocycles. The van der Waals surface area contributed by atoms with E-state index in [1.165, 1.54) is 0 Å². The molecule has 0 spiro atoms. The summed E-state index contributed by atoms with van der Waals surface area (Å²) in [4.78, 5) is 6.82. The van der Waals surface area contributed by atoms with Crippen molar-refractivity contribution in [3.8, 4) is 5.75 Å². The number of aliphatic hydroxyl groups excluding tert-OH is 1. The molecule has 1 atom stereocenters. The molecule has 0 aliphatic carbocycles. The molecule has 0 heterocycles. The number of nitrogens with zero attached hydrogens (tertiary/aromatic N) is 2. The van der Waals surface area contributed by atoms with Gasteiger partial charge < -0.3 is 25.4 Å². The van der Waals surface area contributed by atoms with Gasteiger partial charge in [0.25, 0.3) is 0 Å². The van der Waals surface area contributed by atoms with Gasteiger partial charge in [0.15, 0.2) is 5.96 Å². The lowest BCUT2D eigenvalue weighted by Gasteiger charge is -2.20. The Balaban J connectivity index is 2.63. The third kappa shape index (κ3) is 11.1. The van der Waals surface area contributed by atoms with Crippen molar-refractivity contribution < 1.29 is 9.84 Å². The fourth-order valence-corrected chi connectivity index (χ4v) is 2.99. The van der Waals surface area contributed by atoms with Gasteiger partial charge in [0.2, 0.25) is 0 Å². The number of hydrogen-bond acceptors (Lipinski definition) is 4. The van der Waals surface area contributed by atoms with Gasteiger partial charge in [-0.2, -0.15) is 0 Å². The molecular weight excluding hydrogens is 352 g/mol. The van der Waals surface area contributed by atoms with Crippen LogP contribution < -0.4 is 15.4 Å². The first kappa shape index (κ1) is 24.2. The van der Waals surface area contributed by atoms with Crippen molar-refractivity contribution >= 4 is 5.96 Å².